The van der Waals surface area contributed by atoms with Crippen molar-refractivity contribution in [2.24, 2.45) is 0 Å². The molecule has 3 aromatic rings. The zero-order valence-corrected chi connectivity index (χ0v) is 19.4. The van der Waals surface area contributed by atoms with Gasteiger partial charge in [0.2, 0.25) is 0 Å². The summed E-state index contributed by atoms with van der Waals surface area (Å²) < 4.78 is 11.3. The van der Waals surface area contributed by atoms with Gasteiger partial charge >= 0.3 is 6.03 Å². The van der Waals surface area contributed by atoms with Crippen LogP contribution in [0.3, 0.4) is 0 Å². The summed E-state index contributed by atoms with van der Waals surface area (Å²) in [5.41, 5.74) is 1.87. The second kappa shape index (κ2) is 10.1. The van der Waals surface area contributed by atoms with Crippen LogP contribution in [-0.4, -0.2) is 29.9 Å². The number of urea groups is 1. The van der Waals surface area contributed by atoms with Gasteiger partial charge < -0.3 is 9.47 Å². The number of ether oxygens (including phenoxy) is 2. The number of hydrogen-bond acceptors (Lipinski definition) is 7. The minimum atomic E-state index is -1.000. The number of carbonyl (C=O) groups excluding carboxylic acids is 3. The number of aryl methyl sites for hydroxylation is 1. The molecule has 0 saturated carbocycles. The maximum Gasteiger partial charge on any atom is 0.335 e. The van der Waals surface area contributed by atoms with E-state index < -0.39 is 22.8 Å². The van der Waals surface area contributed by atoms with Gasteiger partial charge in [0.05, 0.1) is 17.7 Å². The first-order valence-electron chi connectivity index (χ1n) is 10.8. The average Bonchev–Trinajstić information content (AvgIpc) is 2.85. The minimum Gasteiger partial charge on any atom is -0.493 e. The van der Waals surface area contributed by atoms with Gasteiger partial charge in [0.25, 0.3) is 17.5 Å². The average molecular weight is 487 g/mol. The molecule has 0 bridgehead atoms. The number of hydrogen-bond donors (Lipinski definition) is 1. The van der Waals surface area contributed by atoms with E-state index in [1.165, 1.54) is 31.4 Å². The highest BCUT2D eigenvalue weighted by Gasteiger charge is 2.37. The predicted molar refractivity (Wildman–Crippen MR) is 131 cm³/mol. The first-order chi connectivity index (χ1) is 17.3. The number of nitrogens with zero attached hydrogens (tertiary/aromatic N) is 2. The van der Waals surface area contributed by atoms with Crippen LogP contribution in [0.4, 0.5) is 16.2 Å². The third-order valence-corrected chi connectivity index (χ3v) is 5.38. The molecule has 182 valence electrons. The second-order valence-corrected chi connectivity index (χ2v) is 7.92. The number of imide groups is 2. The van der Waals surface area contributed by atoms with E-state index >= 15 is 0 Å². The summed E-state index contributed by atoms with van der Waals surface area (Å²) in [6, 6.07) is 16.8. The van der Waals surface area contributed by atoms with Crippen molar-refractivity contribution >= 4 is 35.3 Å². The molecule has 0 radical (unpaired) electrons. The Labute approximate surface area is 205 Å². The number of nitro benzene ring substituents is 1. The predicted octanol–water partition coefficient (Wildman–Crippen LogP) is 4.16. The Kier molecular flexibility index (Phi) is 6.77. The third-order valence-electron chi connectivity index (χ3n) is 5.38. The Morgan fingerprint density at radius 2 is 1.78 bits per heavy atom. The van der Waals surface area contributed by atoms with Crippen LogP contribution >= 0.6 is 0 Å². The molecule has 0 aromatic heterocycles. The maximum atomic E-state index is 13.1. The van der Waals surface area contributed by atoms with Crippen molar-refractivity contribution in [2.75, 3.05) is 12.0 Å². The van der Waals surface area contributed by atoms with Crippen molar-refractivity contribution in [1.82, 2.24) is 5.32 Å². The fourth-order valence-electron chi connectivity index (χ4n) is 3.66. The number of barbiturate groups is 1. The lowest BCUT2D eigenvalue weighted by Gasteiger charge is -2.26. The molecule has 0 atom stereocenters. The highest BCUT2D eigenvalue weighted by Crippen LogP contribution is 2.31. The van der Waals surface area contributed by atoms with Crippen molar-refractivity contribution in [2.45, 2.75) is 13.5 Å². The lowest BCUT2D eigenvalue weighted by Crippen LogP contribution is -2.54. The maximum absolute atomic E-state index is 13.1. The molecule has 10 heteroatoms. The fourth-order valence-corrected chi connectivity index (χ4v) is 3.66. The van der Waals surface area contributed by atoms with E-state index in [0.717, 1.165) is 17.2 Å². The zero-order chi connectivity index (χ0) is 25.8. The van der Waals surface area contributed by atoms with E-state index in [1.807, 2.05) is 31.2 Å². The Morgan fingerprint density at radius 3 is 2.50 bits per heavy atom. The van der Waals surface area contributed by atoms with E-state index in [-0.39, 0.29) is 16.9 Å². The van der Waals surface area contributed by atoms with Crippen molar-refractivity contribution in [1.29, 1.82) is 0 Å². The molecule has 1 aliphatic heterocycles. The summed E-state index contributed by atoms with van der Waals surface area (Å²) in [5, 5.41) is 13.2. The molecule has 3 aromatic carbocycles. The Morgan fingerprint density at radius 1 is 1.00 bits per heavy atom. The standard InChI is InChI=1S/C26H21N3O7/c1-16-5-3-6-18(11-16)15-36-22-10-9-17(13-23(22)35-2)12-21-24(30)27-26(32)28(25(21)31)19-7-4-8-20(14-19)29(33)34/h3-14H,15H2,1-2H3,(H,27,30,32). The van der Waals surface area contributed by atoms with Crippen LogP contribution in [0.2, 0.25) is 0 Å². The van der Waals surface area contributed by atoms with Crippen LogP contribution in [0.15, 0.2) is 72.3 Å². The van der Waals surface area contributed by atoms with Crippen molar-refractivity contribution in [3.8, 4) is 11.5 Å². The van der Waals surface area contributed by atoms with Crippen LogP contribution in [-0.2, 0) is 16.2 Å². The fraction of sp³-hybridized carbons (Fsp3) is 0.115. The first kappa shape index (κ1) is 24.1. The molecule has 1 fully saturated rings. The number of nitrogens with one attached hydrogen (secondary N) is 1. The highest BCUT2D eigenvalue weighted by atomic mass is 16.6. The summed E-state index contributed by atoms with van der Waals surface area (Å²) >= 11 is 0. The number of methoxy groups -OCH3 is 1. The number of amides is 4. The van der Waals surface area contributed by atoms with Crippen LogP contribution in [0.1, 0.15) is 16.7 Å². The zero-order valence-electron chi connectivity index (χ0n) is 19.4. The third kappa shape index (κ3) is 5.07. The highest BCUT2D eigenvalue weighted by molar-refractivity contribution is 6.39. The molecular weight excluding hydrogens is 466 g/mol. The van der Waals surface area contributed by atoms with Crippen LogP contribution in [0.5, 0.6) is 11.5 Å². The number of benzene rings is 3. The topological polar surface area (TPSA) is 128 Å². The van der Waals surface area contributed by atoms with Gasteiger partial charge in [0.15, 0.2) is 11.5 Å². The minimum absolute atomic E-state index is 0.0393. The number of anilines is 1. The van der Waals surface area contributed by atoms with Gasteiger partial charge in [-0.3, -0.25) is 25.0 Å². The lowest BCUT2D eigenvalue weighted by atomic mass is 10.1. The molecule has 0 spiro atoms. The van der Waals surface area contributed by atoms with Gasteiger partial charge in [0.1, 0.15) is 12.2 Å². The summed E-state index contributed by atoms with van der Waals surface area (Å²) in [6.45, 7) is 2.31. The molecule has 1 N–H and O–H groups in total. The number of rotatable bonds is 7. The molecule has 0 unspecified atom stereocenters. The number of carbonyl (C=O) groups is 3. The quantitative estimate of drug-likeness (QED) is 0.229. The second-order valence-electron chi connectivity index (χ2n) is 7.92. The number of nitro groups is 1. The summed E-state index contributed by atoms with van der Waals surface area (Å²) in [4.78, 5) is 49.1. The molecular formula is C26H21N3O7. The SMILES string of the molecule is COc1cc(C=C2C(=O)NC(=O)N(c3cccc([N+](=O)[O-])c3)C2=O)ccc1OCc1cccc(C)c1. The van der Waals surface area contributed by atoms with E-state index in [1.54, 1.807) is 18.2 Å². The van der Waals surface area contributed by atoms with E-state index in [2.05, 4.69) is 5.32 Å². The van der Waals surface area contributed by atoms with E-state index in [4.69, 9.17) is 9.47 Å². The van der Waals surface area contributed by atoms with Crippen LogP contribution in [0.25, 0.3) is 6.08 Å². The molecule has 4 rings (SSSR count). The Balaban J connectivity index is 1.61. The molecule has 1 heterocycles. The molecule has 10 nitrogen and oxygen atoms in total. The summed E-state index contributed by atoms with van der Waals surface area (Å²) in [7, 11) is 1.47. The van der Waals surface area contributed by atoms with Gasteiger partial charge in [-0.1, -0.05) is 42.0 Å². The van der Waals surface area contributed by atoms with Crippen LogP contribution < -0.4 is 19.7 Å². The van der Waals surface area contributed by atoms with Gasteiger partial charge in [0, 0.05) is 12.1 Å². The number of non-ortho nitro benzene ring substituents is 1. The molecule has 1 aliphatic rings. The van der Waals surface area contributed by atoms with Gasteiger partial charge in [-0.2, -0.15) is 0 Å². The first-order valence-corrected chi connectivity index (χ1v) is 10.8. The smallest absolute Gasteiger partial charge is 0.335 e. The van der Waals surface area contributed by atoms with Gasteiger partial charge in [-0.25, -0.2) is 9.69 Å². The largest absolute Gasteiger partial charge is 0.493 e. The summed E-state index contributed by atoms with van der Waals surface area (Å²) in [6.07, 6.45) is 1.31. The van der Waals surface area contributed by atoms with E-state index in [0.29, 0.717) is 28.6 Å². The Bertz CT molecular complexity index is 1410. The van der Waals surface area contributed by atoms with E-state index in [9.17, 15) is 24.5 Å². The van der Waals surface area contributed by atoms with Crippen molar-refractivity contribution in [3.63, 3.8) is 0 Å². The molecule has 36 heavy (non-hydrogen) atoms. The summed E-state index contributed by atoms with van der Waals surface area (Å²) in [5.74, 6) is -0.949. The molecule has 0 aliphatic carbocycles. The van der Waals surface area contributed by atoms with Crippen LogP contribution in [0, 0.1) is 17.0 Å². The monoisotopic (exact) mass is 487 g/mol. The van der Waals surface area contributed by atoms with Crippen molar-refractivity contribution in [3.05, 3.63) is 99.1 Å². The molecule has 1 saturated heterocycles. The normalized spacial score (nSPS) is 14.6. The van der Waals surface area contributed by atoms with Crippen molar-refractivity contribution < 1.29 is 28.8 Å². The van der Waals surface area contributed by atoms with Gasteiger partial charge in [-0.15, -0.1) is 0 Å². The molecule has 4 amide bonds. The Hall–Kier alpha value is -4.99. The van der Waals surface area contributed by atoms with Gasteiger partial charge in [-0.05, 0) is 42.3 Å². The lowest BCUT2D eigenvalue weighted by molar-refractivity contribution is -0.384.